The van der Waals surface area contributed by atoms with Gasteiger partial charge in [0, 0.05) is 18.2 Å². The van der Waals surface area contributed by atoms with Gasteiger partial charge in [0.1, 0.15) is 4.33 Å². The zero-order valence-corrected chi connectivity index (χ0v) is 13.6. The fourth-order valence-electron chi connectivity index (χ4n) is 2.12. The van der Waals surface area contributed by atoms with Crippen molar-refractivity contribution >= 4 is 35.0 Å². The quantitative estimate of drug-likeness (QED) is 0.647. The molecule has 112 valence electrons. The molecule has 1 heterocycles. The lowest BCUT2D eigenvalue weighted by Crippen LogP contribution is -2.19. The van der Waals surface area contributed by atoms with Gasteiger partial charge in [-0.3, -0.25) is 4.57 Å². The number of rotatable bonds is 6. The molecule has 0 unspecified atom stereocenters. The summed E-state index contributed by atoms with van der Waals surface area (Å²) >= 11 is 13.6. The Morgan fingerprint density at radius 3 is 2.76 bits per heavy atom. The van der Waals surface area contributed by atoms with Crippen molar-refractivity contribution in [3.05, 3.63) is 46.4 Å². The van der Waals surface area contributed by atoms with Crippen molar-refractivity contribution in [3.63, 3.8) is 0 Å². The van der Waals surface area contributed by atoms with Crippen LogP contribution in [0.5, 0.6) is 0 Å². The third kappa shape index (κ3) is 3.65. The first kappa shape index (κ1) is 15.0. The molecule has 1 aliphatic rings. The van der Waals surface area contributed by atoms with E-state index in [1.165, 1.54) is 17.3 Å². The van der Waals surface area contributed by atoms with Gasteiger partial charge < -0.3 is 0 Å². The zero-order chi connectivity index (χ0) is 14.9. The van der Waals surface area contributed by atoms with E-state index in [9.17, 15) is 4.79 Å². The molecular weight excluding hydrogens is 329 g/mol. The summed E-state index contributed by atoms with van der Waals surface area (Å²) in [5, 5.41) is 7.29. The minimum absolute atomic E-state index is 0.174. The Morgan fingerprint density at radius 2 is 2.10 bits per heavy atom. The fourth-order valence-corrected chi connectivity index (χ4v) is 4.02. The molecule has 1 aliphatic carbocycles. The van der Waals surface area contributed by atoms with Crippen LogP contribution < -0.4 is 5.69 Å². The number of hydrogen-bond acceptors (Lipinski definition) is 3. The Hall–Kier alpha value is -0.910. The Labute approximate surface area is 136 Å². The molecule has 0 amide bonds. The van der Waals surface area contributed by atoms with E-state index in [4.69, 9.17) is 23.2 Å². The number of H-pyrrole nitrogens is 1. The second-order valence-electron chi connectivity index (χ2n) is 5.17. The van der Waals surface area contributed by atoms with Gasteiger partial charge in [0.25, 0.3) is 0 Å². The highest BCUT2D eigenvalue weighted by molar-refractivity contribution is 7.99. The number of nitrogens with one attached hydrogen (secondary N) is 1. The summed E-state index contributed by atoms with van der Waals surface area (Å²) in [6, 6.07) is 10.1. The molecule has 0 spiro atoms. The maximum absolute atomic E-state index is 11.8. The molecule has 1 fully saturated rings. The van der Waals surface area contributed by atoms with Crippen molar-refractivity contribution in [1.29, 1.82) is 0 Å². The van der Waals surface area contributed by atoms with Crippen molar-refractivity contribution in [2.45, 2.75) is 28.9 Å². The number of aryl methyl sites for hydroxylation is 1. The molecule has 21 heavy (non-hydrogen) atoms. The normalized spacial score (nSPS) is 19.6. The zero-order valence-electron chi connectivity index (χ0n) is 11.3. The summed E-state index contributed by atoms with van der Waals surface area (Å²) < 4.78 is 1.09. The SMILES string of the molecule is O=c1[nH]nc(SC[C@H]2CC2(Cl)Cl)n1CCc1ccccc1. The topological polar surface area (TPSA) is 50.7 Å². The lowest BCUT2D eigenvalue weighted by Gasteiger charge is -2.05. The monoisotopic (exact) mass is 343 g/mol. The predicted molar refractivity (Wildman–Crippen MR) is 86.3 cm³/mol. The predicted octanol–water partition coefficient (Wildman–Crippen LogP) is 3.10. The lowest BCUT2D eigenvalue weighted by molar-refractivity contribution is 0.615. The third-order valence-corrected chi connectivity index (χ3v) is 5.62. The highest BCUT2D eigenvalue weighted by atomic mass is 35.5. The highest BCUT2D eigenvalue weighted by Crippen LogP contribution is 2.54. The van der Waals surface area contributed by atoms with Gasteiger partial charge in [-0.05, 0) is 18.4 Å². The summed E-state index contributed by atoms with van der Waals surface area (Å²) in [7, 11) is 0. The van der Waals surface area contributed by atoms with E-state index < -0.39 is 4.33 Å². The van der Waals surface area contributed by atoms with Gasteiger partial charge in [0.2, 0.25) is 0 Å². The van der Waals surface area contributed by atoms with Gasteiger partial charge >= 0.3 is 5.69 Å². The van der Waals surface area contributed by atoms with Gasteiger partial charge in [0.15, 0.2) is 5.16 Å². The molecule has 2 aromatic rings. The van der Waals surface area contributed by atoms with Crippen LogP contribution in [0.1, 0.15) is 12.0 Å². The number of nitrogens with zero attached hydrogens (tertiary/aromatic N) is 2. The third-order valence-electron chi connectivity index (χ3n) is 3.56. The number of hydrogen-bond donors (Lipinski definition) is 1. The molecule has 3 rings (SSSR count). The van der Waals surface area contributed by atoms with Crippen LogP contribution in [-0.2, 0) is 13.0 Å². The Bertz CT molecular complexity index is 668. The minimum atomic E-state index is -0.585. The van der Waals surface area contributed by atoms with E-state index in [2.05, 4.69) is 22.3 Å². The number of aromatic nitrogens is 3. The van der Waals surface area contributed by atoms with Gasteiger partial charge in [-0.15, -0.1) is 28.3 Å². The Balaban J connectivity index is 1.62. The first-order valence-electron chi connectivity index (χ1n) is 6.76. The molecule has 1 aromatic carbocycles. The number of halogens is 2. The fraction of sp³-hybridized carbons (Fsp3) is 0.429. The largest absolute Gasteiger partial charge is 0.343 e. The first-order chi connectivity index (χ1) is 10.1. The van der Waals surface area contributed by atoms with Crippen LogP contribution in [0.3, 0.4) is 0 Å². The van der Waals surface area contributed by atoms with Gasteiger partial charge in [0.05, 0.1) is 0 Å². The van der Waals surface area contributed by atoms with Crippen LogP contribution in [-0.4, -0.2) is 24.9 Å². The average molecular weight is 344 g/mol. The van der Waals surface area contributed by atoms with E-state index in [1.54, 1.807) is 4.57 Å². The van der Waals surface area contributed by atoms with E-state index in [0.29, 0.717) is 11.7 Å². The molecule has 0 bridgehead atoms. The first-order valence-corrected chi connectivity index (χ1v) is 8.50. The standard InChI is InChI=1S/C14H15Cl2N3OS/c15-14(16)8-11(14)9-21-13-18-17-12(20)19(13)7-6-10-4-2-1-3-5-10/h1-5,11H,6-9H2,(H,17,20)/t11-/m1/s1. The summed E-state index contributed by atoms with van der Waals surface area (Å²) in [5.74, 6) is 1.06. The summed E-state index contributed by atoms with van der Waals surface area (Å²) in [4.78, 5) is 11.8. The van der Waals surface area contributed by atoms with Crippen molar-refractivity contribution in [2.75, 3.05) is 5.75 Å². The van der Waals surface area contributed by atoms with E-state index in [1.807, 2.05) is 18.2 Å². The van der Waals surface area contributed by atoms with Gasteiger partial charge in [-0.1, -0.05) is 42.1 Å². The molecular formula is C14H15Cl2N3OS. The minimum Gasteiger partial charge on any atom is -0.270 e. The van der Waals surface area contributed by atoms with Crippen LogP contribution in [0.25, 0.3) is 0 Å². The number of thioether (sulfide) groups is 1. The summed E-state index contributed by atoms with van der Waals surface area (Å²) in [6.07, 6.45) is 1.61. The molecule has 0 saturated heterocycles. The maximum Gasteiger partial charge on any atom is 0.343 e. The molecule has 1 N–H and O–H groups in total. The second kappa shape index (κ2) is 6.07. The molecule has 7 heteroatoms. The van der Waals surface area contributed by atoms with E-state index >= 15 is 0 Å². The van der Waals surface area contributed by atoms with Crippen molar-refractivity contribution in [3.8, 4) is 0 Å². The van der Waals surface area contributed by atoms with Gasteiger partial charge in [-0.2, -0.15) is 0 Å². The molecule has 0 aliphatic heterocycles. The van der Waals surface area contributed by atoms with Crippen molar-refractivity contribution in [1.82, 2.24) is 14.8 Å². The lowest BCUT2D eigenvalue weighted by atomic mass is 10.1. The number of alkyl halides is 2. The summed E-state index contributed by atoms with van der Waals surface area (Å²) in [6.45, 7) is 0.610. The molecule has 4 nitrogen and oxygen atoms in total. The Morgan fingerprint density at radius 1 is 1.38 bits per heavy atom. The van der Waals surface area contributed by atoms with Crippen molar-refractivity contribution < 1.29 is 0 Å². The highest BCUT2D eigenvalue weighted by Gasteiger charge is 2.51. The Kier molecular flexibility index (Phi) is 4.33. The second-order valence-corrected chi connectivity index (χ2v) is 7.70. The van der Waals surface area contributed by atoms with Crippen LogP contribution in [0, 0.1) is 5.92 Å². The maximum atomic E-state index is 11.8. The van der Waals surface area contributed by atoms with Crippen LogP contribution >= 0.6 is 35.0 Å². The molecule has 1 atom stereocenters. The number of benzene rings is 1. The number of aromatic amines is 1. The van der Waals surface area contributed by atoms with E-state index in [0.717, 1.165) is 18.6 Å². The molecule has 1 aromatic heterocycles. The van der Waals surface area contributed by atoms with Crippen LogP contribution in [0.2, 0.25) is 0 Å². The van der Waals surface area contributed by atoms with E-state index in [-0.39, 0.29) is 11.6 Å². The van der Waals surface area contributed by atoms with Crippen molar-refractivity contribution in [2.24, 2.45) is 5.92 Å². The van der Waals surface area contributed by atoms with Crippen LogP contribution in [0.15, 0.2) is 40.3 Å². The van der Waals surface area contributed by atoms with Crippen LogP contribution in [0.4, 0.5) is 0 Å². The molecule has 1 saturated carbocycles. The summed E-state index contributed by atoms with van der Waals surface area (Å²) in [5.41, 5.74) is 1.02. The smallest absolute Gasteiger partial charge is 0.270 e. The average Bonchev–Trinajstić information content (AvgIpc) is 2.93. The van der Waals surface area contributed by atoms with Gasteiger partial charge in [-0.25, -0.2) is 9.89 Å². The molecule has 0 radical (unpaired) electrons.